The molecule has 0 atom stereocenters. The maximum absolute atomic E-state index is 13.2. The van der Waals surface area contributed by atoms with Crippen molar-refractivity contribution in [3.8, 4) is 0 Å². The number of halogens is 1. The van der Waals surface area contributed by atoms with Crippen molar-refractivity contribution in [3.05, 3.63) is 70.7 Å². The number of fused-ring (bicyclic) bond motifs is 3. The molecule has 0 aliphatic carbocycles. The predicted molar refractivity (Wildman–Crippen MR) is 92.2 cm³/mol. The van der Waals surface area contributed by atoms with Gasteiger partial charge in [0.1, 0.15) is 5.82 Å². The molecule has 0 bridgehead atoms. The number of rotatable bonds is 2. The molecule has 1 aliphatic rings. The highest BCUT2D eigenvalue weighted by Crippen LogP contribution is 2.30. The van der Waals surface area contributed by atoms with Crippen molar-refractivity contribution >= 4 is 10.9 Å². The zero-order chi connectivity index (χ0) is 15.8. The maximum Gasteiger partial charge on any atom is 0.123 e. The van der Waals surface area contributed by atoms with Crippen molar-refractivity contribution in [1.29, 1.82) is 0 Å². The van der Waals surface area contributed by atoms with Gasteiger partial charge in [-0.3, -0.25) is 0 Å². The SMILES string of the molecule is Cc1ccc2c(c1)c1c(n2Cc2ccc(F)cc2)CCCNC1. The third kappa shape index (κ3) is 2.66. The number of nitrogens with zero attached hydrogens (tertiary/aromatic N) is 1. The minimum atomic E-state index is -0.176. The van der Waals surface area contributed by atoms with Crippen molar-refractivity contribution in [2.24, 2.45) is 0 Å². The third-order valence-corrected chi connectivity index (χ3v) is 4.76. The van der Waals surface area contributed by atoms with Gasteiger partial charge in [0.15, 0.2) is 0 Å². The van der Waals surface area contributed by atoms with Crippen molar-refractivity contribution in [3.63, 3.8) is 0 Å². The molecule has 0 fully saturated rings. The summed E-state index contributed by atoms with van der Waals surface area (Å²) in [4.78, 5) is 0. The molecular formula is C20H21FN2. The molecule has 0 saturated heterocycles. The van der Waals surface area contributed by atoms with E-state index < -0.39 is 0 Å². The van der Waals surface area contributed by atoms with Crippen LogP contribution >= 0.6 is 0 Å². The average molecular weight is 308 g/mol. The number of nitrogens with one attached hydrogen (secondary N) is 1. The Labute approximate surface area is 135 Å². The van der Waals surface area contributed by atoms with Gasteiger partial charge in [-0.2, -0.15) is 0 Å². The highest BCUT2D eigenvalue weighted by atomic mass is 19.1. The number of hydrogen-bond donors (Lipinski definition) is 1. The molecule has 2 heterocycles. The van der Waals surface area contributed by atoms with E-state index in [1.54, 1.807) is 12.1 Å². The minimum Gasteiger partial charge on any atom is -0.340 e. The molecule has 1 aromatic heterocycles. The van der Waals surface area contributed by atoms with Crippen LogP contribution in [-0.2, 0) is 19.5 Å². The quantitative estimate of drug-likeness (QED) is 0.752. The van der Waals surface area contributed by atoms with Gasteiger partial charge < -0.3 is 9.88 Å². The number of aryl methyl sites for hydroxylation is 1. The Balaban J connectivity index is 1.87. The van der Waals surface area contributed by atoms with Gasteiger partial charge >= 0.3 is 0 Å². The van der Waals surface area contributed by atoms with Crippen molar-refractivity contribution < 1.29 is 4.39 Å². The van der Waals surface area contributed by atoms with Crippen LogP contribution in [0.1, 0.15) is 28.8 Å². The van der Waals surface area contributed by atoms with E-state index in [-0.39, 0.29) is 5.82 Å². The van der Waals surface area contributed by atoms with E-state index >= 15 is 0 Å². The summed E-state index contributed by atoms with van der Waals surface area (Å²) in [5.74, 6) is -0.176. The maximum atomic E-state index is 13.2. The highest BCUT2D eigenvalue weighted by Gasteiger charge is 2.18. The van der Waals surface area contributed by atoms with Gasteiger partial charge in [0.25, 0.3) is 0 Å². The fourth-order valence-electron chi connectivity index (χ4n) is 3.62. The zero-order valence-corrected chi connectivity index (χ0v) is 13.4. The summed E-state index contributed by atoms with van der Waals surface area (Å²) in [5.41, 5.74) is 6.59. The van der Waals surface area contributed by atoms with Crippen LogP contribution in [0.5, 0.6) is 0 Å². The summed E-state index contributed by atoms with van der Waals surface area (Å²) >= 11 is 0. The molecule has 3 aromatic rings. The first-order valence-corrected chi connectivity index (χ1v) is 8.28. The summed E-state index contributed by atoms with van der Waals surface area (Å²) in [5, 5.41) is 4.89. The molecule has 3 heteroatoms. The number of aromatic nitrogens is 1. The fraction of sp³-hybridized carbons (Fsp3) is 0.300. The summed E-state index contributed by atoms with van der Waals surface area (Å²) in [6.07, 6.45) is 2.25. The highest BCUT2D eigenvalue weighted by molar-refractivity contribution is 5.86. The topological polar surface area (TPSA) is 17.0 Å². The standard InChI is InChI=1S/C20H21FN2/c1-14-4-9-20-17(11-14)18-12-22-10-2-3-19(18)23(20)13-15-5-7-16(21)8-6-15/h4-9,11,22H,2-3,10,12-13H2,1H3. The summed E-state index contributed by atoms with van der Waals surface area (Å²) < 4.78 is 15.6. The van der Waals surface area contributed by atoms with Gasteiger partial charge in [-0.15, -0.1) is 0 Å². The smallest absolute Gasteiger partial charge is 0.123 e. The second-order valence-corrected chi connectivity index (χ2v) is 6.44. The van der Waals surface area contributed by atoms with E-state index in [2.05, 4.69) is 35.0 Å². The van der Waals surface area contributed by atoms with Crippen LogP contribution in [0.15, 0.2) is 42.5 Å². The Morgan fingerprint density at radius 3 is 2.78 bits per heavy atom. The lowest BCUT2D eigenvalue weighted by molar-refractivity contribution is 0.626. The Morgan fingerprint density at radius 2 is 1.96 bits per heavy atom. The average Bonchev–Trinajstić information content (AvgIpc) is 2.71. The van der Waals surface area contributed by atoms with Gasteiger partial charge in [-0.25, -0.2) is 4.39 Å². The lowest BCUT2D eigenvalue weighted by atomic mass is 10.1. The van der Waals surface area contributed by atoms with Crippen LogP contribution in [0.25, 0.3) is 10.9 Å². The Morgan fingerprint density at radius 1 is 1.13 bits per heavy atom. The number of benzene rings is 2. The van der Waals surface area contributed by atoms with Gasteiger partial charge in [-0.1, -0.05) is 23.8 Å². The van der Waals surface area contributed by atoms with Gasteiger partial charge in [0, 0.05) is 29.7 Å². The molecule has 0 saturated carbocycles. The van der Waals surface area contributed by atoms with Gasteiger partial charge in [0.2, 0.25) is 0 Å². The predicted octanol–water partition coefficient (Wildman–Crippen LogP) is 4.17. The van der Waals surface area contributed by atoms with E-state index in [1.807, 2.05) is 12.1 Å². The Bertz CT molecular complexity index is 846. The molecule has 0 spiro atoms. The van der Waals surface area contributed by atoms with E-state index in [0.717, 1.165) is 38.0 Å². The van der Waals surface area contributed by atoms with Crippen LogP contribution < -0.4 is 5.32 Å². The Kier molecular flexibility index (Phi) is 3.66. The lowest BCUT2D eigenvalue weighted by Crippen LogP contribution is -2.11. The van der Waals surface area contributed by atoms with Gasteiger partial charge in [0.05, 0.1) is 0 Å². The van der Waals surface area contributed by atoms with E-state index in [9.17, 15) is 4.39 Å². The molecule has 1 aliphatic heterocycles. The molecule has 0 radical (unpaired) electrons. The summed E-state index contributed by atoms with van der Waals surface area (Å²) in [6.45, 7) is 4.95. The molecule has 2 aromatic carbocycles. The monoisotopic (exact) mass is 308 g/mol. The Hall–Kier alpha value is -2.13. The number of hydrogen-bond acceptors (Lipinski definition) is 1. The van der Waals surface area contributed by atoms with Crippen molar-refractivity contribution in [2.45, 2.75) is 32.9 Å². The molecule has 1 N–H and O–H groups in total. The first-order chi connectivity index (χ1) is 11.2. The van der Waals surface area contributed by atoms with Crippen LogP contribution in [0, 0.1) is 12.7 Å². The lowest BCUT2D eigenvalue weighted by Gasteiger charge is -2.11. The zero-order valence-electron chi connectivity index (χ0n) is 13.4. The molecule has 0 unspecified atom stereocenters. The fourth-order valence-corrected chi connectivity index (χ4v) is 3.62. The molecule has 118 valence electrons. The normalized spacial score (nSPS) is 14.7. The molecule has 4 rings (SSSR count). The second kappa shape index (κ2) is 5.82. The molecular weight excluding hydrogens is 287 g/mol. The molecule has 0 amide bonds. The largest absolute Gasteiger partial charge is 0.340 e. The van der Waals surface area contributed by atoms with Crippen molar-refractivity contribution in [1.82, 2.24) is 9.88 Å². The van der Waals surface area contributed by atoms with E-state index in [1.165, 1.54) is 27.7 Å². The third-order valence-electron chi connectivity index (χ3n) is 4.76. The second-order valence-electron chi connectivity index (χ2n) is 6.44. The van der Waals surface area contributed by atoms with E-state index in [4.69, 9.17) is 0 Å². The van der Waals surface area contributed by atoms with Crippen molar-refractivity contribution in [2.75, 3.05) is 6.54 Å². The van der Waals surface area contributed by atoms with E-state index in [0.29, 0.717) is 0 Å². The van der Waals surface area contributed by atoms with Crippen LogP contribution in [0.4, 0.5) is 4.39 Å². The summed E-state index contributed by atoms with van der Waals surface area (Å²) in [7, 11) is 0. The molecule has 2 nitrogen and oxygen atoms in total. The van der Waals surface area contributed by atoms with Crippen LogP contribution in [0.3, 0.4) is 0 Å². The summed E-state index contributed by atoms with van der Waals surface area (Å²) in [6, 6.07) is 13.6. The van der Waals surface area contributed by atoms with Gasteiger partial charge in [-0.05, 0) is 61.7 Å². The van der Waals surface area contributed by atoms with Crippen LogP contribution in [-0.4, -0.2) is 11.1 Å². The minimum absolute atomic E-state index is 0.176. The first kappa shape index (κ1) is 14.5. The first-order valence-electron chi connectivity index (χ1n) is 8.28. The molecule has 23 heavy (non-hydrogen) atoms. The van der Waals surface area contributed by atoms with Crippen LogP contribution in [0.2, 0.25) is 0 Å².